The summed E-state index contributed by atoms with van der Waals surface area (Å²) in [7, 11) is 0. The molecule has 6 nitrogen and oxygen atoms in total. The molecule has 0 aliphatic carbocycles. The number of aliphatic carboxylic acids is 1. The minimum absolute atomic E-state index is 0.285. The highest BCUT2D eigenvalue weighted by atomic mass is 16.6. The van der Waals surface area contributed by atoms with Crippen molar-refractivity contribution in [3.8, 4) is 6.07 Å². The lowest BCUT2D eigenvalue weighted by Crippen LogP contribution is -2.37. The number of nitriles is 1. The zero-order valence-electron chi connectivity index (χ0n) is 11.5. The Morgan fingerprint density at radius 3 is 2.37 bits per heavy atom. The molecule has 1 fully saturated rings. The van der Waals surface area contributed by atoms with E-state index in [1.807, 2.05) is 6.07 Å². The molecule has 106 valence electrons. The molecule has 1 N–H and O–H groups in total. The van der Waals surface area contributed by atoms with E-state index >= 15 is 0 Å². The molecule has 0 aromatic carbocycles. The number of nitrogens with zero attached hydrogens (tertiary/aromatic N) is 2. The number of amides is 1. The fourth-order valence-electron chi connectivity index (χ4n) is 2.06. The van der Waals surface area contributed by atoms with Gasteiger partial charge in [0, 0.05) is 13.1 Å². The van der Waals surface area contributed by atoms with Crippen molar-refractivity contribution in [1.82, 2.24) is 4.90 Å². The number of carboxylic acids is 1. The zero-order chi connectivity index (χ0) is 14.6. The van der Waals surface area contributed by atoms with Crippen LogP contribution >= 0.6 is 0 Å². The van der Waals surface area contributed by atoms with Gasteiger partial charge in [0.15, 0.2) is 0 Å². The molecular formula is C13H20N2O4. The Morgan fingerprint density at radius 1 is 1.32 bits per heavy atom. The van der Waals surface area contributed by atoms with Crippen LogP contribution in [0.4, 0.5) is 4.79 Å². The van der Waals surface area contributed by atoms with Crippen LogP contribution in [0.3, 0.4) is 0 Å². The average Bonchev–Trinajstić information content (AvgIpc) is 2.48. The van der Waals surface area contributed by atoms with Crippen LogP contribution in [0.25, 0.3) is 0 Å². The minimum atomic E-state index is -0.974. The number of likely N-dealkylation sites (tertiary alicyclic amines) is 1. The van der Waals surface area contributed by atoms with Gasteiger partial charge in [-0.05, 0) is 33.6 Å². The fourth-order valence-corrected chi connectivity index (χ4v) is 2.06. The van der Waals surface area contributed by atoms with E-state index in [0.717, 1.165) is 0 Å². The van der Waals surface area contributed by atoms with E-state index in [1.165, 1.54) is 4.90 Å². The molecule has 6 heteroatoms. The van der Waals surface area contributed by atoms with Crippen LogP contribution in [0.15, 0.2) is 0 Å². The molecule has 0 bridgehead atoms. The Hall–Kier alpha value is -1.77. The smallest absolute Gasteiger partial charge is 0.410 e. The molecule has 19 heavy (non-hydrogen) atoms. The van der Waals surface area contributed by atoms with E-state index in [4.69, 9.17) is 15.1 Å². The summed E-state index contributed by atoms with van der Waals surface area (Å²) in [5, 5.41) is 18.1. The number of carbonyl (C=O) groups is 2. The lowest BCUT2D eigenvalue weighted by atomic mass is 9.89. The van der Waals surface area contributed by atoms with Gasteiger partial charge in [0.25, 0.3) is 0 Å². The normalized spacial score (nSPS) is 24.2. The van der Waals surface area contributed by atoms with E-state index in [9.17, 15) is 9.59 Å². The van der Waals surface area contributed by atoms with Crippen molar-refractivity contribution in [2.45, 2.75) is 39.2 Å². The number of ether oxygens (including phenoxy) is 1. The quantitative estimate of drug-likeness (QED) is 0.783. The third-order valence-electron chi connectivity index (χ3n) is 3.04. The van der Waals surface area contributed by atoms with Crippen LogP contribution in [0.5, 0.6) is 0 Å². The molecule has 1 rings (SSSR count). The van der Waals surface area contributed by atoms with Gasteiger partial charge in [0.1, 0.15) is 5.60 Å². The Morgan fingerprint density at radius 2 is 1.89 bits per heavy atom. The molecule has 0 aromatic rings. The molecule has 0 spiro atoms. The van der Waals surface area contributed by atoms with Crippen LogP contribution in [-0.2, 0) is 9.53 Å². The zero-order valence-corrected chi connectivity index (χ0v) is 11.5. The lowest BCUT2D eigenvalue weighted by Gasteiger charge is -2.26. The summed E-state index contributed by atoms with van der Waals surface area (Å²) in [6, 6.07) is 2.02. The number of rotatable bonds is 1. The number of hydrogen-bond donors (Lipinski definition) is 1. The van der Waals surface area contributed by atoms with Crippen LogP contribution in [0.2, 0.25) is 0 Å². The number of carbonyl (C=O) groups excluding carboxylic acids is 1. The maximum Gasteiger partial charge on any atom is 0.410 e. The fraction of sp³-hybridized carbons (Fsp3) is 0.769. The molecule has 1 amide bonds. The Bertz CT molecular complexity index is 394. The van der Waals surface area contributed by atoms with E-state index in [2.05, 4.69) is 0 Å². The number of carboxylic acid groups (broad SMARTS) is 1. The largest absolute Gasteiger partial charge is 0.481 e. The van der Waals surface area contributed by atoms with Gasteiger partial charge < -0.3 is 14.7 Å². The molecule has 1 aliphatic rings. The predicted molar refractivity (Wildman–Crippen MR) is 67.3 cm³/mol. The molecular weight excluding hydrogens is 248 g/mol. The van der Waals surface area contributed by atoms with Gasteiger partial charge in [-0.3, -0.25) is 4.79 Å². The summed E-state index contributed by atoms with van der Waals surface area (Å²) in [4.78, 5) is 24.5. The first-order valence-electron chi connectivity index (χ1n) is 6.35. The summed E-state index contributed by atoms with van der Waals surface area (Å²) in [6.45, 7) is 6.00. The van der Waals surface area contributed by atoms with Crippen molar-refractivity contribution in [3.63, 3.8) is 0 Å². The van der Waals surface area contributed by atoms with E-state index < -0.39 is 29.5 Å². The van der Waals surface area contributed by atoms with Gasteiger partial charge >= 0.3 is 12.1 Å². The first-order valence-corrected chi connectivity index (χ1v) is 6.35. The second kappa shape index (κ2) is 5.91. The lowest BCUT2D eigenvalue weighted by molar-refractivity contribution is -0.143. The van der Waals surface area contributed by atoms with E-state index in [1.54, 1.807) is 20.8 Å². The molecule has 1 aliphatic heterocycles. The molecule has 0 aromatic heterocycles. The summed E-state index contributed by atoms with van der Waals surface area (Å²) in [5.74, 6) is -2.24. The molecule has 1 saturated heterocycles. The second-order valence-electron chi connectivity index (χ2n) is 5.73. The van der Waals surface area contributed by atoms with Crippen LogP contribution in [0.1, 0.15) is 33.6 Å². The Balaban J connectivity index is 2.70. The molecule has 0 unspecified atom stereocenters. The maximum absolute atomic E-state index is 11.9. The van der Waals surface area contributed by atoms with E-state index in [0.29, 0.717) is 19.5 Å². The van der Waals surface area contributed by atoms with Crippen LogP contribution < -0.4 is 0 Å². The average molecular weight is 268 g/mol. The minimum Gasteiger partial charge on any atom is -0.481 e. The SMILES string of the molecule is CC(C)(C)OC(=O)N1CC[C@@H](C#N)[C@H](C(=O)O)CC1. The van der Waals surface area contributed by atoms with Gasteiger partial charge in [0.2, 0.25) is 0 Å². The highest BCUT2D eigenvalue weighted by molar-refractivity contribution is 5.72. The van der Waals surface area contributed by atoms with Crippen molar-refractivity contribution >= 4 is 12.1 Å². The number of hydrogen-bond acceptors (Lipinski definition) is 4. The van der Waals surface area contributed by atoms with E-state index in [-0.39, 0.29) is 6.42 Å². The monoisotopic (exact) mass is 268 g/mol. The first kappa shape index (κ1) is 15.3. The third kappa shape index (κ3) is 4.43. The van der Waals surface area contributed by atoms with Crippen molar-refractivity contribution in [2.75, 3.05) is 13.1 Å². The topological polar surface area (TPSA) is 90.6 Å². The van der Waals surface area contributed by atoms with Gasteiger partial charge in [-0.2, -0.15) is 5.26 Å². The summed E-state index contributed by atoms with van der Waals surface area (Å²) in [5.41, 5.74) is -0.579. The maximum atomic E-state index is 11.9. The molecule has 0 radical (unpaired) electrons. The molecule has 2 atom stereocenters. The highest BCUT2D eigenvalue weighted by Crippen LogP contribution is 2.25. The third-order valence-corrected chi connectivity index (χ3v) is 3.04. The highest BCUT2D eigenvalue weighted by Gasteiger charge is 2.34. The predicted octanol–water partition coefficient (Wildman–Crippen LogP) is 1.86. The molecule has 1 heterocycles. The summed E-state index contributed by atoms with van der Waals surface area (Å²) >= 11 is 0. The Kier molecular flexibility index (Phi) is 4.76. The standard InChI is InChI=1S/C13H20N2O4/c1-13(2,3)19-12(18)15-6-4-9(8-14)10(5-7-15)11(16)17/h9-10H,4-7H2,1-3H3,(H,16,17)/t9-,10+/m0/s1. The Labute approximate surface area is 112 Å². The molecule has 0 saturated carbocycles. The summed E-state index contributed by atoms with van der Waals surface area (Å²) < 4.78 is 5.25. The van der Waals surface area contributed by atoms with Gasteiger partial charge in [-0.25, -0.2) is 4.79 Å². The van der Waals surface area contributed by atoms with Crippen molar-refractivity contribution in [3.05, 3.63) is 0 Å². The second-order valence-corrected chi connectivity index (χ2v) is 5.73. The van der Waals surface area contributed by atoms with Gasteiger partial charge in [-0.1, -0.05) is 0 Å². The summed E-state index contributed by atoms with van der Waals surface area (Å²) in [6.07, 6.45) is 0.203. The van der Waals surface area contributed by atoms with Crippen molar-refractivity contribution in [1.29, 1.82) is 5.26 Å². The van der Waals surface area contributed by atoms with Crippen molar-refractivity contribution < 1.29 is 19.4 Å². The van der Waals surface area contributed by atoms with Crippen molar-refractivity contribution in [2.24, 2.45) is 11.8 Å². The van der Waals surface area contributed by atoms with Crippen LogP contribution in [0, 0.1) is 23.2 Å². The van der Waals surface area contributed by atoms with Gasteiger partial charge in [-0.15, -0.1) is 0 Å². The van der Waals surface area contributed by atoms with Crippen LogP contribution in [-0.4, -0.2) is 40.8 Å². The first-order chi connectivity index (χ1) is 8.74. The van der Waals surface area contributed by atoms with Gasteiger partial charge in [0.05, 0.1) is 17.9 Å².